The number of amides is 2. The van der Waals surface area contributed by atoms with Crippen molar-refractivity contribution in [2.24, 2.45) is 0 Å². The predicted octanol–water partition coefficient (Wildman–Crippen LogP) is 0.721. The molecule has 2 aromatic rings. The highest BCUT2D eigenvalue weighted by atomic mass is 16.5. The average Bonchev–Trinajstić information content (AvgIpc) is 2.68. The van der Waals surface area contributed by atoms with Crippen molar-refractivity contribution in [2.45, 2.75) is 13.0 Å². The molecule has 1 atom stereocenters. The molecule has 0 aliphatic rings. The van der Waals surface area contributed by atoms with Crippen molar-refractivity contribution in [1.82, 2.24) is 10.6 Å². The Morgan fingerprint density at radius 1 is 1.04 bits per heavy atom. The minimum Gasteiger partial charge on any atom is -0.548 e. The number of hydrogen-bond donors (Lipinski definition) is 2. The normalized spacial score (nSPS) is 12.0. The Labute approximate surface area is 156 Å². The molecular weight excluding hydrogens is 348 g/mol. The Balaban J connectivity index is 2.25. The number of carbonyl (C=O) groups is 3. The van der Waals surface area contributed by atoms with Gasteiger partial charge in [0.2, 0.25) is 0 Å². The van der Waals surface area contributed by atoms with E-state index in [0.717, 1.165) is 0 Å². The van der Waals surface area contributed by atoms with E-state index in [1.165, 1.54) is 20.1 Å². The summed E-state index contributed by atoms with van der Waals surface area (Å²) in [6, 6.07) is 14.0. The Morgan fingerprint density at radius 2 is 1.67 bits per heavy atom. The summed E-state index contributed by atoms with van der Waals surface area (Å²) in [5, 5.41) is 15.7. The highest BCUT2D eigenvalue weighted by Crippen LogP contribution is 2.12. The maximum Gasteiger partial charge on any atom is 0.268 e. The molecule has 0 aliphatic carbocycles. The second-order valence-corrected chi connectivity index (χ2v) is 5.67. The summed E-state index contributed by atoms with van der Waals surface area (Å²) in [6.07, 6.45) is 1.46. The van der Waals surface area contributed by atoms with Gasteiger partial charge in [-0.15, -0.1) is 0 Å². The molecule has 0 radical (unpaired) electrons. The van der Waals surface area contributed by atoms with Gasteiger partial charge >= 0.3 is 0 Å². The van der Waals surface area contributed by atoms with Crippen molar-refractivity contribution < 1.29 is 24.2 Å². The van der Waals surface area contributed by atoms with Gasteiger partial charge in [0.15, 0.2) is 0 Å². The summed E-state index contributed by atoms with van der Waals surface area (Å²) >= 11 is 0. The van der Waals surface area contributed by atoms with E-state index in [4.69, 9.17) is 4.74 Å². The number of rotatable bonds is 7. The highest BCUT2D eigenvalue weighted by molar-refractivity contribution is 6.06. The van der Waals surface area contributed by atoms with Crippen LogP contribution in [0.5, 0.6) is 5.75 Å². The van der Waals surface area contributed by atoms with Crippen LogP contribution in [0.2, 0.25) is 0 Å². The molecule has 0 aliphatic heterocycles. The van der Waals surface area contributed by atoms with Crippen LogP contribution in [0.15, 0.2) is 60.3 Å². The number of benzene rings is 2. The van der Waals surface area contributed by atoms with E-state index in [2.05, 4.69) is 10.6 Å². The number of methoxy groups -OCH3 is 1. The van der Waals surface area contributed by atoms with Gasteiger partial charge in [-0.05, 0) is 42.8 Å². The van der Waals surface area contributed by atoms with E-state index in [1.54, 1.807) is 48.5 Å². The summed E-state index contributed by atoms with van der Waals surface area (Å²) in [7, 11) is 1.51. The van der Waals surface area contributed by atoms with Gasteiger partial charge in [0.1, 0.15) is 11.4 Å². The number of nitrogens with one attached hydrogen (secondary N) is 2. The predicted molar refractivity (Wildman–Crippen MR) is 97.5 cm³/mol. The van der Waals surface area contributed by atoms with Crippen molar-refractivity contribution >= 4 is 23.9 Å². The van der Waals surface area contributed by atoms with Gasteiger partial charge in [0.05, 0.1) is 19.1 Å². The zero-order valence-electron chi connectivity index (χ0n) is 14.9. The minimum absolute atomic E-state index is 0.0879. The first-order valence-electron chi connectivity index (χ1n) is 8.14. The minimum atomic E-state index is -1.43. The molecular formula is C20H19N2O5-. The van der Waals surface area contributed by atoms with Gasteiger partial charge < -0.3 is 25.3 Å². The van der Waals surface area contributed by atoms with Gasteiger partial charge in [0, 0.05) is 5.56 Å². The lowest BCUT2D eigenvalue weighted by Crippen LogP contribution is -2.48. The van der Waals surface area contributed by atoms with E-state index in [1.807, 2.05) is 6.07 Å². The van der Waals surface area contributed by atoms with Gasteiger partial charge in [-0.2, -0.15) is 0 Å². The van der Waals surface area contributed by atoms with Crippen LogP contribution in [0.1, 0.15) is 22.8 Å². The summed E-state index contributed by atoms with van der Waals surface area (Å²) in [5.74, 6) is -2.09. The first-order valence-corrected chi connectivity index (χ1v) is 8.14. The monoisotopic (exact) mass is 367 g/mol. The molecule has 0 saturated carbocycles. The maximum absolute atomic E-state index is 12.5. The SMILES string of the molecule is COc1ccc(C(=O)N/C(=C/c2ccccc2)C(=O)N[C@H](C)C(=O)[O-])cc1. The first kappa shape index (κ1) is 19.7. The Kier molecular flexibility index (Phi) is 6.71. The number of aliphatic carboxylic acids is 1. The number of carbonyl (C=O) groups excluding carboxylic acids is 3. The van der Waals surface area contributed by atoms with E-state index < -0.39 is 23.8 Å². The van der Waals surface area contributed by atoms with Crippen molar-refractivity contribution in [3.05, 3.63) is 71.4 Å². The molecule has 0 saturated heterocycles. The Hall–Kier alpha value is -3.61. The van der Waals surface area contributed by atoms with Crippen molar-refractivity contribution in [3.8, 4) is 5.75 Å². The zero-order valence-corrected chi connectivity index (χ0v) is 14.9. The molecule has 0 bridgehead atoms. The van der Waals surface area contributed by atoms with Crippen LogP contribution in [0, 0.1) is 0 Å². The first-order chi connectivity index (χ1) is 12.9. The van der Waals surface area contributed by atoms with Crippen LogP contribution in [0.25, 0.3) is 6.08 Å². The fourth-order valence-electron chi connectivity index (χ4n) is 2.14. The molecule has 0 heterocycles. The molecule has 140 valence electrons. The zero-order chi connectivity index (χ0) is 19.8. The lowest BCUT2D eigenvalue weighted by atomic mass is 10.1. The molecule has 7 heteroatoms. The maximum atomic E-state index is 12.5. The quantitative estimate of drug-likeness (QED) is 0.701. The molecule has 7 nitrogen and oxygen atoms in total. The smallest absolute Gasteiger partial charge is 0.268 e. The van der Waals surface area contributed by atoms with E-state index in [9.17, 15) is 19.5 Å². The van der Waals surface area contributed by atoms with Crippen molar-refractivity contribution in [2.75, 3.05) is 7.11 Å². The van der Waals surface area contributed by atoms with Crippen LogP contribution in [0.4, 0.5) is 0 Å². The summed E-state index contributed by atoms with van der Waals surface area (Å²) < 4.78 is 5.04. The second kappa shape index (κ2) is 9.19. The van der Waals surface area contributed by atoms with Crippen LogP contribution >= 0.6 is 0 Å². The number of ether oxygens (including phenoxy) is 1. The van der Waals surface area contributed by atoms with E-state index in [0.29, 0.717) is 16.9 Å². The average molecular weight is 367 g/mol. The van der Waals surface area contributed by atoms with Gasteiger partial charge in [0.25, 0.3) is 11.8 Å². The highest BCUT2D eigenvalue weighted by Gasteiger charge is 2.17. The lowest BCUT2D eigenvalue weighted by Gasteiger charge is -2.17. The topological polar surface area (TPSA) is 108 Å². The summed E-state index contributed by atoms with van der Waals surface area (Å²) in [4.78, 5) is 35.8. The molecule has 2 amide bonds. The Morgan fingerprint density at radius 3 is 2.22 bits per heavy atom. The number of carboxylic acid groups (broad SMARTS) is 1. The lowest BCUT2D eigenvalue weighted by molar-refractivity contribution is -0.307. The Bertz CT molecular complexity index is 844. The molecule has 0 spiro atoms. The molecule has 0 unspecified atom stereocenters. The molecule has 27 heavy (non-hydrogen) atoms. The summed E-state index contributed by atoms with van der Waals surface area (Å²) in [5.41, 5.74) is 0.893. The van der Waals surface area contributed by atoms with Gasteiger partial charge in [-0.3, -0.25) is 9.59 Å². The second-order valence-electron chi connectivity index (χ2n) is 5.67. The largest absolute Gasteiger partial charge is 0.548 e. The standard InChI is InChI=1S/C20H20N2O5/c1-13(20(25)26)21-19(24)17(12-14-6-4-3-5-7-14)22-18(23)15-8-10-16(27-2)11-9-15/h3-13H,1-2H3,(H,21,24)(H,22,23)(H,25,26)/p-1/b17-12+/t13-/m1/s1. The molecule has 0 aromatic heterocycles. The molecule has 0 fully saturated rings. The van der Waals surface area contributed by atoms with Crippen molar-refractivity contribution in [1.29, 1.82) is 0 Å². The van der Waals surface area contributed by atoms with E-state index in [-0.39, 0.29) is 5.70 Å². The van der Waals surface area contributed by atoms with Crippen LogP contribution < -0.4 is 20.5 Å². The third-order valence-electron chi connectivity index (χ3n) is 3.66. The van der Waals surface area contributed by atoms with Gasteiger partial charge in [-0.25, -0.2) is 0 Å². The number of hydrogen-bond acceptors (Lipinski definition) is 5. The molecule has 2 rings (SSSR count). The third kappa shape index (κ3) is 5.71. The molecule has 2 aromatic carbocycles. The summed E-state index contributed by atoms with van der Waals surface area (Å²) in [6.45, 7) is 1.28. The molecule has 2 N–H and O–H groups in total. The van der Waals surface area contributed by atoms with Crippen LogP contribution in [0.3, 0.4) is 0 Å². The fraction of sp³-hybridized carbons (Fsp3) is 0.150. The van der Waals surface area contributed by atoms with Crippen LogP contribution in [-0.4, -0.2) is 30.9 Å². The number of carboxylic acids is 1. The van der Waals surface area contributed by atoms with Gasteiger partial charge in [-0.1, -0.05) is 30.3 Å². The fourth-order valence-corrected chi connectivity index (χ4v) is 2.14. The van der Waals surface area contributed by atoms with Crippen molar-refractivity contribution in [3.63, 3.8) is 0 Å². The third-order valence-corrected chi connectivity index (χ3v) is 3.66. The van der Waals surface area contributed by atoms with Crippen LogP contribution in [-0.2, 0) is 9.59 Å². The van der Waals surface area contributed by atoms with E-state index >= 15 is 0 Å².